The molecule has 0 aliphatic rings. The number of amides is 1. The highest BCUT2D eigenvalue weighted by atomic mass is 127. The summed E-state index contributed by atoms with van der Waals surface area (Å²) in [5.41, 5.74) is 1.87. The van der Waals surface area contributed by atoms with E-state index < -0.39 is 0 Å². The van der Waals surface area contributed by atoms with Crippen molar-refractivity contribution in [2.45, 2.75) is 19.3 Å². The van der Waals surface area contributed by atoms with Gasteiger partial charge in [0.25, 0.3) is 0 Å². The number of benzene rings is 2. The van der Waals surface area contributed by atoms with Crippen LogP contribution in [0.5, 0.6) is 11.5 Å². The molecule has 1 amide bonds. The highest BCUT2D eigenvalue weighted by molar-refractivity contribution is 14.0. The van der Waals surface area contributed by atoms with Gasteiger partial charge in [-0.2, -0.15) is 0 Å². The number of aliphatic imine (C=N–C) groups is 1. The van der Waals surface area contributed by atoms with E-state index >= 15 is 0 Å². The summed E-state index contributed by atoms with van der Waals surface area (Å²) in [5.74, 6) is 2.10. The molecule has 2 rings (SSSR count). The van der Waals surface area contributed by atoms with Gasteiger partial charge in [0.1, 0.15) is 0 Å². The standard InChI is InChI=1S/C22H29ClN4O3.HI/c1-24-22(26-14-12-16-6-11-19(29-2)20(15-16)30-3)25-13-4-5-21(28)27-18-9-7-17(23)8-10-18;/h6-11,15H,4-5,12-14H2,1-3H3,(H,27,28)(H2,24,25,26);1H. The minimum atomic E-state index is -0.0319. The zero-order valence-electron chi connectivity index (χ0n) is 18.0. The number of nitrogens with zero attached hydrogens (tertiary/aromatic N) is 1. The number of guanidine groups is 1. The molecule has 0 aliphatic carbocycles. The lowest BCUT2D eigenvalue weighted by molar-refractivity contribution is -0.116. The number of carbonyl (C=O) groups excluding carboxylic acids is 1. The molecule has 0 aliphatic heterocycles. The molecule has 0 saturated carbocycles. The van der Waals surface area contributed by atoms with Crippen LogP contribution in [0.1, 0.15) is 18.4 Å². The predicted octanol–water partition coefficient (Wildman–Crippen LogP) is 4.10. The van der Waals surface area contributed by atoms with Gasteiger partial charge in [0, 0.05) is 37.3 Å². The van der Waals surface area contributed by atoms with Crippen molar-refractivity contribution < 1.29 is 14.3 Å². The summed E-state index contributed by atoms with van der Waals surface area (Å²) in [7, 11) is 4.97. The second kappa shape index (κ2) is 14.7. The van der Waals surface area contributed by atoms with Crippen LogP contribution in [-0.4, -0.2) is 46.2 Å². The van der Waals surface area contributed by atoms with Gasteiger partial charge in [-0.1, -0.05) is 17.7 Å². The van der Waals surface area contributed by atoms with E-state index in [0.717, 1.165) is 23.4 Å². The monoisotopic (exact) mass is 560 g/mol. The van der Waals surface area contributed by atoms with E-state index in [4.69, 9.17) is 21.1 Å². The molecule has 0 fully saturated rings. The van der Waals surface area contributed by atoms with Crippen LogP contribution in [0.3, 0.4) is 0 Å². The first-order valence-corrected chi connectivity index (χ1v) is 10.1. The number of hydrogen-bond donors (Lipinski definition) is 3. The molecule has 3 N–H and O–H groups in total. The third-order valence-corrected chi connectivity index (χ3v) is 4.63. The fourth-order valence-corrected chi connectivity index (χ4v) is 2.92. The Balaban J connectivity index is 0.00000480. The molecule has 0 aromatic heterocycles. The maximum atomic E-state index is 12.0. The van der Waals surface area contributed by atoms with Crippen molar-refractivity contribution in [3.05, 3.63) is 53.1 Å². The lowest BCUT2D eigenvalue weighted by Gasteiger charge is -2.13. The molecule has 0 saturated heterocycles. The summed E-state index contributed by atoms with van der Waals surface area (Å²) >= 11 is 5.84. The maximum absolute atomic E-state index is 12.0. The second-order valence-corrected chi connectivity index (χ2v) is 6.96. The van der Waals surface area contributed by atoms with Crippen molar-refractivity contribution in [2.75, 3.05) is 39.7 Å². The summed E-state index contributed by atoms with van der Waals surface area (Å²) in [5, 5.41) is 9.98. The van der Waals surface area contributed by atoms with Crippen LogP contribution in [0.25, 0.3) is 0 Å². The quantitative estimate of drug-likeness (QED) is 0.176. The van der Waals surface area contributed by atoms with Crippen LogP contribution in [0, 0.1) is 0 Å². The van der Waals surface area contributed by atoms with Gasteiger partial charge < -0.3 is 25.4 Å². The predicted molar refractivity (Wildman–Crippen MR) is 137 cm³/mol. The Morgan fingerprint density at radius 2 is 1.68 bits per heavy atom. The number of ether oxygens (including phenoxy) is 2. The van der Waals surface area contributed by atoms with Gasteiger partial charge in [-0.15, -0.1) is 24.0 Å². The third-order valence-electron chi connectivity index (χ3n) is 4.38. The molecule has 0 bridgehead atoms. The third kappa shape index (κ3) is 9.65. The molecule has 0 radical (unpaired) electrons. The number of halogens is 2. The van der Waals surface area contributed by atoms with E-state index in [0.29, 0.717) is 42.7 Å². The van der Waals surface area contributed by atoms with Gasteiger partial charge >= 0.3 is 0 Å². The summed E-state index contributed by atoms with van der Waals surface area (Å²) in [6.45, 7) is 1.36. The van der Waals surface area contributed by atoms with Crippen molar-refractivity contribution in [2.24, 2.45) is 4.99 Å². The van der Waals surface area contributed by atoms with E-state index in [9.17, 15) is 4.79 Å². The van der Waals surface area contributed by atoms with E-state index in [1.807, 2.05) is 18.2 Å². The molecule has 0 heterocycles. The number of anilines is 1. The van der Waals surface area contributed by atoms with Crippen LogP contribution in [0.4, 0.5) is 5.69 Å². The first-order chi connectivity index (χ1) is 14.5. The zero-order valence-corrected chi connectivity index (χ0v) is 21.1. The van der Waals surface area contributed by atoms with Gasteiger partial charge in [0.15, 0.2) is 17.5 Å². The average Bonchev–Trinajstić information content (AvgIpc) is 2.76. The molecule has 2 aromatic rings. The molecule has 0 unspecified atom stereocenters. The second-order valence-electron chi connectivity index (χ2n) is 6.52. The molecule has 31 heavy (non-hydrogen) atoms. The normalized spacial score (nSPS) is 10.6. The topological polar surface area (TPSA) is 84.0 Å². The van der Waals surface area contributed by atoms with Gasteiger partial charge in [-0.25, -0.2) is 0 Å². The van der Waals surface area contributed by atoms with Crippen molar-refractivity contribution in [3.63, 3.8) is 0 Å². The number of rotatable bonds is 10. The minimum Gasteiger partial charge on any atom is -0.493 e. The largest absolute Gasteiger partial charge is 0.493 e. The number of nitrogens with one attached hydrogen (secondary N) is 3. The summed E-state index contributed by atoms with van der Waals surface area (Å²) in [4.78, 5) is 16.2. The smallest absolute Gasteiger partial charge is 0.224 e. The fourth-order valence-electron chi connectivity index (χ4n) is 2.79. The van der Waals surface area contributed by atoms with Crippen LogP contribution < -0.4 is 25.4 Å². The van der Waals surface area contributed by atoms with Crippen molar-refractivity contribution in [3.8, 4) is 11.5 Å². The minimum absolute atomic E-state index is 0. The Kier molecular flexibility index (Phi) is 12.8. The molecule has 7 nitrogen and oxygen atoms in total. The molecule has 170 valence electrons. The Labute approximate surface area is 206 Å². The van der Waals surface area contributed by atoms with E-state index in [1.165, 1.54) is 0 Å². The Morgan fingerprint density at radius 1 is 1.00 bits per heavy atom. The van der Waals surface area contributed by atoms with Crippen LogP contribution in [0.2, 0.25) is 5.02 Å². The number of methoxy groups -OCH3 is 2. The van der Waals surface area contributed by atoms with Crippen molar-refractivity contribution >= 4 is 53.1 Å². The highest BCUT2D eigenvalue weighted by Crippen LogP contribution is 2.27. The van der Waals surface area contributed by atoms with Crippen LogP contribution in [0.15, 0.2) is 47.5 Å². The van der Waals surface area contributed by atoms with Crippen LogP contribution >= 0.6 is 35.6 Å². The summed E-state index contributed by atoms with van der Waals surface area (Å²) in [6, 6.07) is 12.9. The summed E-state index contributed by atoms with van der Waals surface area (Å²) < 4.78 is 10.6. The SMILES string of the molecule is CN=C(NCCCC(=O)Nc1ccc(Cl)cc1)NCCc1ccc(OC)c(OC)c1.I. The first kappa shape index (κ1) is 26.8. The Hall–Kier alpha value is -2.20. The van der Waals surface area contributed by atoms with Crippen LogP contribution in [-0.2, 0) is 11.2 Å². The van der Waals surface area contributed by atoms with E-state index in [1.54, 1.807) is 45.5 Å². The number of carbonyl (C=O) groups is 1. The molecule has 0 atom stereocenters. The fraction of sp³-hybridized carbons (Fsp3) is 0.364. The Morgan fingerprint density at radius 3 is 2.32 bits per heavy atom. The van der Waals surface area contributed by atoms with Gasteiger partial charge in [-0.05, 0) is 54.8 Å². The zero-order chi connectivity index (χ0) is 21.8. The lowest BCUT2D eigenvalue weighted by atomic mass is 10.1. The Bertz CT molecular complexity index is 847. The molecule has 2 aromatic carbocycles. The molecule has 9 heteroatoms. The van der Waals surface area contributed by atoms with Gasteiger partial charge in [0.05, 0.1) is 14.2 Å². The van der Waals surface area contributed by atoms with Gasteiger partial charge in [-0.3, -0.25) is 9.79 Å². The maximum Gasteiger partial charge on any atom is 0.224 e. The van der Waals surface area contributed by atoms with Crippen molar-refractivity contribution in [1.82, 2.24) is 10.6 Å². The molecule has 0 spiro atoms. The average molecular weight is 561 g/mol. The molecular weight excluding hydrogens is 531 g/mol. The van der Waals surface area contributed by atoms with E-state index in [-0.39, 0.29) is 29.9 Å². The number of hydrogen-bond acceptors (Lipinski definition) is 4. The van der Waals surface area contributed by atoms with Crippen molar-refractivity contribution in [1.29, 1.82) is 0 Å². The van der Waals surface area contributed by atoms with Gasteiger partial charge in [0.2, 0.25) is 5.91 Å². The molecular formula is C22H30ClIN4O3. The van der Waals surface area contributed by atoms with E-state index in [2.05, 4.69) is 20.9 Å². The highest BCUT2D eigenvalue weighted by Gasteiger charge is 2.06. The lowest BCUT2D eigenvalue weighted by Crippen LogP contribution is -2.38. The summed E-state index contributed by atoms with van der Waals surface area (Å²) in [6.07, 6.45) is 1.92. The first-order valence-electron chi connectivity index (χ1n) is 9.76.